The van der Waals surface area contributed by atoms with Crippen LogP contribution in [-0.4, -0.2) is 23.6 Å². The Morgan fingerprint density at radius 1 is 1.19 bits per heavy atom. The molecule has 1 aromatic carbocycles. The average Bonchev–Trinajstić information content (AvgIpc) is 3.36. The molecule has 1 atom stereocenters. The molecule has 0 amide bonds. The first-order valence-electron chi connectivity index (χ1n) is 8.77. The fraction of sp³-hybridized carbons (Fsp3) is 0.263. The number of benzene rings is 1. The molecule has 1 fully saturated rings. The number of sulfonamides is 1. The third kappa shape index (κ3) is 2.47. The maximum absolute atomic E-state index is 13.9. The summed E-state index contributed by atoms with van der Waals surface area (Å²) < 4.78 is 42.5. The van der Waals surface area contributed by atoms with Crippen LogP contribution in [0.3, 0.4) is 0 Å². The molecule has 2 aliphatic rings. The Morgan fingerprint density at radius 2 is 2.00 bits per heavy atom. The van der Waals surface area contributed by atoms with E-state index in [9.17, 15) is 12.8 Å². The number of nitrogens with zero attached hydrogens (tertiary/aromatic N) is 3. The second kappa shape index (κ2) is 5.63. The third-order valence-corrected chi connectivity index (χ3v) is 6.99. The van der Waals surface area contributed by atoms with E-state index in [-0.39, 0.29) is 16.9 Å². The van der Waals surface area contributed by atoms with Gasteiger partial charge >= 0.3 is 0 Å². The number of anilines is 1. The molecule has 1 saturated carbocycles. The van der Waals surface area contributed by atoms with E-state index in [1.165, 1.54) is 28.7 Å². The Morgan fingerprint density at radius 3 is 2.70 bits per heavy atom. The number of halogens is 1. The molecule has 27 heavy (non-hydrogen) atoms. The minimum absolute atomic E-state index is 0.126. The van der Waals surface area contributed by atoms with Gasteiger partial charge in [0.1, 0.15) is 10.7 Å². The van der Waals surface area contributed by atoms with E-state index in [2.05, 4.69) is 15.2 Å². The Hall–Kier alpha value is -2.74. The largest absolute Gasteiger partial charge is 0.277 e. The number of aryl methyl sites for hydroxylation is 1. The van der Waals surface area contributed by atoms with Gasteiger partial charge < -0.3 is 0 Å². The van der Waals surface area contributed by atoms with Crippen LogP contribution in [0.4, 0.5) is 10.1 Å². The predicted molar refractivity (Wildman–Crippen MR) is 98.1 cm³/mol. The molecule has 138 valence electrons. The fourth-order valence-corrected chi connectivity index (χ4v) is 5.42. The van der Waals surface area contributed by atoms with Gasteiger partial charge in [0, 0.05) is 23.0 Å². The van der Waals surface area contributed by atoms with Gasteiger partial charge in [0.05, 0.1) is 23.6 Å². The second-order valence-corrected chi connectivity index (χ2v) is 8.90. The molecule has 2 aromatic heterocycles. The molecule has 3 aromatic rings. The SMILES string of the molecule is Cc1ccc(S(=O)(=O)N2c3ccc(F)cc3-c3[nH]ncc3[C@H]2C2CC2)cn1. The van der Waals surface area contributed by atoms with Gasteiger partial charge in [0.25, 0.3) is 10.0 Å². The number of nitrogens with one attached hydrogen (secondary N) is 1. The van der Waals surface area contributed by atoms with Crippen molar-refractivity contribution in [3.05, 3.63) is 59.8 Å². The van der Waals surface area contributed by atoms with Crippen LogP contribution in [0.25, 0.3) is 11.3 Å². The molecule has 0 saturated heterocycles. The summed E-state index contributed by atoms with van der Waals surface area (Å²) in [6.07, 6.45) is 4.93. The summed E-state index contributed by atoms with van der Waals surface area (Å²) in [7, 11) is -3.87. The lowest BCUT2D eigenvalue weighted by Crippen LogP contribution is -2.38. The molecule has 5 rings (SSSR count). The highest BCUT2D eigenvalue weighted by molar-refractivity contribution is 7.92. The van der Waals surface area contributed by atoms with Crippen LogP contribution in [-0.2, 0) is 10.0 Å². The maximum Gasteiger partial charge on any atom is 0.266 e. The first kappa shape index (κ1) is 16.4. The number of rotatable bonds is 3. The lowest BCUT2D eigenvalue weighted by Gasteiger charge is -2.37. The molecular formula is C19H17FN4O2S. The van der Waals surface area contributed by atoms with E-state index in [1.807, 2.05) is 0 Å². The lowest BCUT2D eigenvalue weighted by atomic mass is 9.93. The molecule has 0 radical (unpaired) electrons. The first-order valence-corrected chi connectivity index (χ1v) is 10.2. The first-order chi connectivity index (χ1) is 13.0. The molecule has 0 bridgehead atoms. The van der Waals surface area contributed by atoms with Crippen molar-refractivity contribution in [2.24, 2.45) is 5.92 Å². The van der Waals surface area contributed by atoms with Gasteiger partial charge in [0.15, 0.2) is 0 Å². The summed E-state index contributed by atoms with van der Waals surface area (Å²) in [5.41, 5.74) is 3.19. The van der Waals surface area contributed by atoms with Crippen LogP contribution in [0.1, 0.15) is 30.1 Å². The average molecular weight is 384 g/mol. The lowest BCUT2D eigenvalue weighted by molar-refractivity contribution is 0.558. The van der Waals surface area contributed by atoms with E-state index < -0.39 is 15.8 Å². The van der Waals surface area contributed by atoms with E-state index in [4.69, 9.17) is 0 Å². The van der Waals surface area contributed by atoms with Gasteiger partial charge in [-0.15, -0.1) is 0 Å². The number of fused-ring (bicyclic) bond motifs is 3. The van der Waals surface area contributed by atoms with Crippen molar-refractivity contribution in [3.63, 3.8) is 0 Å². The van der Waals surface area contributed by atoms with Crippen LogP contribution in [0.15, 0.2) is 47.6 Å². The Bertz CT molecular complexity index is 1140. The van der Waals surface area contributed by atoms with E-state index in [0.717, 1.165) is 24.1 Å². The number of H-pyrrole nitrogens is 1. The van der Waals surface area contributed by atoms with Crippen LogP contribution in [0, 0.1) is 18.7 Å². The molecule has 1 aliphatic carbocycles. The Labute approximate surface area is 156 Å². The van der Waals surface area contributed by atoms with Crippen molar-refractivity contribution < 1.29 is 12.8 Å². The summed E-state index contributed by atoms with van der Waals surface area (Å²) >= 11 is 0. The molecule has 3 heterocycles. The third-order valence-electron chi connectivity index (χ3n) is 5.21. The van der Waals surface area contributed by atoms with Crippen LogP contribution >= 0.6 is 0 Å². The zero-order chi connectivity index (χ0) is 18.8. The fourth-order valence-electron chi connectivity index (χ4n) is 3.77. The summed E-state index contributed by atoms with van der Waals surface area (Å²) in [5, 5.41) is 7.03. The van der Waals surface area contributed by atoms with Gasteiger partial charge in [-0.05, 0) is 56.0 Å². The van der Waals surface area contributed by atoms with Crippen molar-refractivity contribution >= 4 is 15.7 Å². The number of hydrogen-bond acceptors (Lipinski definition) is 4. The van der Waals surface area contributed by atoms with Crippen molar-refractivity contribution in [3.8, 4) is 11.3 Å². The van der Waals surface area contributed by atoms with Crippen molar-refractivity contribution in [2.75, 3.05) is 4.31 Å². The monoisotopic (exact) mass is 384 g/mol. The Kier molecular flexibility index (Phi) is 3.42. The van der Waals surface area contributed by atoms with Gasteiger partial charge in [0.2, 0.25) is 0 Å². The molecule has 8 heteroatoms. The molecule has 0 unspecified atom stereocenters. The summed E-state index contributed by atoms with van der Waals surface area (Å²) in [4.78, 5) is 4.27. The van der Waals surface area contributed by atoms with Crippen LogP contribution in [0.5, 0.6) is 0 Å². The quantitative estimate of drug-likeness (QED) is 0.749. The minimum atomic E-state index is -3.87. The molecule has 1 N–H and O–H groups in total. The standard InChI is InChI=1S/C19H17FN4O2S/c1-11-2-6-14(9-21-11)27(25,26)24-17-7-5-13(20)8-15(17)18-16(10-22-23-18)19(24)12-3-4-12/h2,5-10,12,19H,3-4H2,1H3,(H,22,23)/t19-/m1/s1. The van der Waals surface area contributed by atoms with Crippen LogP contribution in [0.2, 0.25) is 0 Å². The minimum Gasteiger partial charge on any atom is -0.277 e. The summed E-state index contributed by atoms with van der Waals surface area (Å²) in [6.45, 7) is 1.81. The highest BCUT2D eigenvalue weighted by Gasteiger charge is 2.47. The van der Waals surface area contributed by atoms with Crippen molar-refractivity contribution in [2.45, 2.75) is 30.7 Å². The molecular weight excluding hydrogens is 367 g/mol. The number of hydrogen-bond donors (Lipinski definition) is 1. The van der Waals surface area contributed by atoms with Gasteiger partial charge in [-0.1, -0.05) is 0 Å². The maximum atomic E-state index is 13.9. The smallest absolute Gasteiger partial charge is 0.266 e. The summed E-state index contributed by atoms with van der Waals surface area (Å²) in [5.74, 6) is -0.207. The number of pyridine rings is 1. The van der Waals surface area contributed by atoms with Crippen molar-refractivity contribution in [1.29, 1.82) is 0 Å². The normalized spacial score (nSPS) is 18.9. The Balaban J connectivity index is 1.76. The zero-order valence-corrected chi connectivity index (χ0v) is 15.4. The second-order valence-electron chi connectivity index (χ2n) is 7.08. The van der Waals surface area contributed by atoms with Gasteiger partial charge in [-0.25, -0.2) is 12.8 Å². The van der Waals surface area contributed by atoms with Gasteiger partial charge in [-0.3, -0.25) is 14.4 Å². The van der Waals surface area contributed by atoms with E-state index >= 15 is 0 Å². The van der Waals surface area contributed by atoms with Gasteiger partial charge in [-0.2, -0.15) is 5.10 Å². The molecule has 1 aliphatic heterocycles. The summed E-state index contributed by atoms with van der Waals surface area (Å²) in [6, 6.07) is 7.06. The van der Waals surface area contributed by atoms with E-state index in [1.54, 1.807) is 25.3 Å². The van der Waals surface area contributed by atoms with Crippen molar-refractivity contribution in [1.82, 2.24) is 15.2 Å². The zero-order valence-electron chi connectivity index (χ0n) is 14.6. The molecule has 0 spiro atoms. The number of aromatic nitrogens is 3. The predicted octanol–water partition coefficient (Wildman–Crippen LogP) is 3.58. The highest BCUT2D eigenvalue weighted by Crippen LogP contribution is 2.54. The molecule has 6 nitrogen and oxygen atoms in total. The van der Waals surface area contributed by atoms with Crippen LogP contribution < -0.4 is 4.31 Å². The van der Waals surface area contributed by atoms with E-state index in [0.29, 0.717) is 16.9 Å². The topological polar surface area (TPSA) is 79.0 Å². The highest BCUT2D eigenvalue weighted by atomic mass is 32.2. The number of aromatic amines is 1.